The Balaban J connectivity index is 1.97. The molecule has 1 saturated heterocycles. The van der Waals surface area contributed by atoms with E-state index in [0.717, 1.165) is 23.8 Å². The van der Waals surface area contributed by atoms with Crippen LogP contribution in [0.4, 0.5) is 5.82 Å². The van der Waals surface area contributed by atoms with Crippen molar-refractivity contribution in [2.45, 2.75) is 64.3 Å². The highest BCUT2D eigenvalue weighted by atomic mass is 35.5. The molecule has 3 rings (SSSR count). The van der Waals surface area contributed by atoms with Crippen LogP contribution in [-0.2, 0) is 0 Å². The van der Waals surface area contributed by atoms with Crippen molar-refractivity contribution in [3.63, 3.8) is 0 Å². The van der Waals surface area contributed by atoms with Gasteiger partial charge in [-0.25, -0.2) is 9.97 Å². The molecule has 0 N–H and O–H groups in total. The molecule has 0 aromatic carbocycles. The minimum Gasteiger partial charge on any atom is -0.354 e. The summed E-state index contributed by atoms with van der Waals surface area (Å²) in [5.41, 5.74) is 1.04. The normalized spacial score (nSPS) is 24.4. The molecule has 104 valence electrons. The predicted molar refractivity (Wildman–Crippen MR) is 79.0 cm³/mol. The van der Waals surface area contributed by atoms with Gasteiger partial charge in [-0.15, -0.1) is 0 Å². The van der Waals surface area contributed by atoms with Crippen LogP contribution in [0.2, 0.25) is 5.15 Å². The standard InChI is InChI=1S/C15H22ClN3/c1-10-6-4-3-5-9-19(10)15-11(2)13(16)17-14(18-15)12-7-8-12/h10,12H,3-9H2,1-2H3. The Morgan fingerprint density at radius 3 is 2.63 bits per heavy atom. The quantitative estimate of drug-likeness (QED) is 0.764. The van der Waals surface area contributed by atoms with Crippen LogP contribution in [0.15, 0.2) is 0 Å². The van der Waals surface area contributed by atoms with E-state index in [4.69, 9.17) is 16.6 Å². The van der Waals surface area contributed by atoms with Crippen LogP contribution in [0.5, 0.6) is 0 Å². The number of hydrogen-bond acceptors (Lipinski definition) is 3. The molecule has 1 saturated carbocycles. The minimum absolute atomic E-state index is 0.555. The van der Waals surface area contributed by atoms with E-state index in [0.29, 0.717) is 17.1 Å². The first-order valence-corrected chi connectivity index (χ1v) is 7.85. The van der Waals surface area contributed by atoms with Crippen molar-refractivity contribution in [2.24, 2.45) is 0 Å². The Bertz CT molecular complexity index is 471. The van der Waals surface area contributed by atoms with Gasteiger partial charge in [0.25, 0.3) is 0 Å². The minimum atomic E-state index is 0.555. The van der Waals surface area contributed by atoms with Gasteiger partial charge in [-0.2, -0.15) is 0 Å². The summed E-state index contributed by atoms with van der Waals surface area (Å²) >= 11 is 6.32. The molecule has 1 aromatic rings. The first-order chi connectivity index (χ1) is 9.16. The molecule has 1 unspecified atom stereocenters. The molecule has 0 spiro atoms. The summed E-state index contributed by atoms with van der Waals surface area (Å²) in [5.74, 6) is 2.59. The molecule has 2 fully saturated rings. The second-order valence-electron chi connectivity index (χ2n) is 5.99. The maximum atomic E-state index is 6.32. The maximum absolute atomic E-state index is 6.32. The van der Waals surface area contributed by atoms with Crippen LogP contribution in [0.1, 0.15) is 62.8 Å². The average Bonchev–Trinajstić information content (AvgIpc) is 3.20. The zero-order valence-corrected chi connectivity index (χ0v) is 12.6. The third kappa shape index (κ3) is 2.71. The Hall–Kier alpha value is -0.830. The largest absolute Gasteiger partial charge is 0.354 e. The highest BCUT2D eigenvalue weighted by Crippen LogP contribution is 2.40. The van der Waals surface area contributed by atoms with Crippen LogP contribution in [-0.4, -0.2) is 22.6 Å². The zero-order chi connectivity index (χ0) is 13.4. The van der Waals surface area contributed by atoms with Gasteiger partial charge < -0.3 is 4.90 Å². The topological polar surface area (TPSA) is 29.0 Å². The second kappa shape index (κ2) is 5.28. The molecule has 2 aliphatic rings. The van der Waals surface area contributed by atoms with Crippen molar-refractivity contribution in [3.8, 4) is 0 Å². The van der Waals surface area contributed by atoms with Crippen molar-refractivity contribution in [1.82, 2.24) is 9.97 Å². The number of aromatic nitrogens is 2. The average molecular weight is 280 g/mol. The van der Waals surface area contributed by atoms with E-state index >= 15 is 0 Å². The molecular weight excluding hydrogens is 258 g/mol. The first-order valence-electron chi connectivity index (χ1n) is 7.47. The van der Waals surface area contributed by atoms with Gasteiger partial charge in [0, 0.05) is 24.1 Å². The Morgan fingerprint density at radius 1 is 1.11 bits per heavy atom. The van der Waals surface area contributed by atoms with Crippen molar-refractivity contribution in [3.05, 3.63) is 16.5 Å². The lowest BCUT2D eigenvalue weighted by molar-refractivity contribution is 0.608. The monoisotopic (exact) mass is 279 g/mol. The predicted octanol–water partition coefficient (Wildman–Crippen LogP) is 4.08. The Morgan fingerprint density at radius 2 is 1.89 bits per heavy atom. The fraction of sp³-hybridized carbons (Fsp3) is 0.733. The lowest BCUT2D eigenvalue weighted by Gasteiger charge is -2.30. The molecule has 2 heterocycles. The molecular formula is C15H22ClN3. The van der Waals surface area contributed by atoms with Crippen molar-refractivity contribution >= 4 is 17.4 Å². The number of halogens is 1. The third-order valence-corrected chi connectivity index (χ3v) is 4.71. The van der Waals surface area contributed by atoms with Crippen LogP contribution < -0.4 is 4.90 Å². The summed E-state index contributed by atoms with van der Waals surface area (Å²) < 4.78 is 0. The summed E-state index contributed by atoms with van der Waals surface area (Å²) in [6.45, 7) is 5.45. The molecule has 0 radical (unpaired) electrons. The lowest BCUT2D eigenvalue weighted by atomic mass is 10.1. The van der Waals surface area contributed by atoms with Gasteiger partial charge in [0.2, 0.25) is 0 Å². The first kappa shape index (κ1) is 13.2. The summed E-state index contributed by atoms with van der Waals surface area (Å²) in [6, 6.07) is 0.555. The number of anilines is 1. The van der Waals surface area contributed by atoms with Crippen molar-refractivity contribution in [1.29, 1.82) is 0 Å². The smallest absolute Gasteiger partial charge is 0.137 e. The van der Waals surface area contributed by atoms with Gasteiger partial charge in [0.1, 0.15) is 16.8 Å². The van der Waals surface area contributed by atoms with E-state index in [9.17, 15) is 0 Å². The highest BCUT2D eigenvalue weighted by Gasteiger charge is 2.29. The summed E-state index contributed by atoms with van der Waals surface area (Å²) in [5, 5.41) is 0.642. The summed E-state index contributed by atoms with van der Waals surface area (Å²) in [6.07, 6.45) is 7.59. The summed E-state index contributed by atoms with van der Waals surface area (Å²) in [4.78, 5) is 11.8. The van der Waals surface area contributed by atoms with Gasteiger partial charge in [0.15, 0.2) is 0 Å². The molecule has 4 heteroatoms. The van der Waals surface area contributed by atoms with E-state index in [2.05, 4.69) is 16.8 Å². The van der Waals surface area contributed by atoms with Gasteiger partial charge in [-0.3, -0.25) is 0 Å². The SMILES string of the molecule is Cc1c(Cl)nc(C2CC2)nc1N1CCCCCC1C. The Kier molecular flexibility index (Phi) is 3.66. The van der Waals surface area contributed by atoms with E-state index in [-0.39, 0.29) is 0 Å². The zero-order valence-electron chi connectivity index (χ0n) is 11.8. The molecule has 0 bridgehead atoms. The van der Waals surface area contributed by atoms with Crippen LogP contribution in [0.3, 0.4) is 0 Å². The Labute approximate surface area is 120 Å². The molecule has 3 nitrogen and oxygen atoms in total. The van der Waals surface area contributed by atoms with Gasteiger partial charge in [-0.05, 0) is 39.5 Å². The number of rotatable bonds is 2. The third-order valence-electron chi connectivity index (χ3n) is 4.35. The van der Waals surface area contributed by atoms with Crippen LogP contribution in [0, 0.1) is 6.92 Å². The second-order valence-corrected chi connectivity index (χ2v) is 6.35. The van der Waals surface area contributed by atoms with Crippen LogP contribution >= 0.6 is 11.6 Å². The van der Waals surface area contributed by atoms with Crippen molar-refractivity contribution < 1.29 is 0 Å². The van der Waals surface area contributed by atoms with E-state index < -0.39 is 0 Å². The molecule has 1 aliphatic heterocycles. The maximum Gasteiger partial charge on any atom is 0.137 e. The molecule has 0 amide bonds. The number of nitrogens with zero attached hydrogens (tertiary/aromatic N) is 3. The molecule has 19 heavy (non-hydrogen) atoms. The fourth-order valence-electron chi connectivity index (χ4n) is 2.89. The van der Waals surface area contributed by atoms with E-state index in [1.54, 1.807) is 0 Å². The van der Waals surface area contributed by atoms with Crippen molar-refractivity contribution in [2.75, 3.05) is 11.4 Å². The van der Waals surface area contributed by atoms with Gasteiger partial charge in [-0.1, -0.05) is 24.4 Å². The van der Waals surface area contributed by atoms with Gasteiger partial charge >= 0.3 is 0 Å². The lowest BCUT2D eigenvalue weighted by Crippen LogP contribution is -2.34. The molecule has 1 atom stereocenters. The van der Waals surface area contributed by atoms with E-state index in [1.807, 2.05) is 6.92 Å². The van der Waals surface area contributed by atoms with E-state index in [1.165, 1.54) is 38.5 Å². The van der Waals surface area contributed by atoms with Gasteiger partial charge in [0.05, 0.1) is 0 Å². The van der Waals surface area contributed by atoms with Crippen LogP contribution in [0.25, 0.3) is 0 Å². The fourth-order valence-corrected chi connectivity index (χ4v) is 3.06. The number of hydrogen-bond donors (Lipinski definition) is 0. The molecule has 1 aromatic heterocycles. The summed E-state index contributed by atoms with van der Waals surface area (Å²) in [7, 11) is 0. The molecule has 1 aliphatic carbocycles. The highest BCUT2D eigenvalue weighted by molar-refractivity contribution is 6.30.